The third-order valence-electron chi connectivity index (χ3n) is 3.59. The van der Waals surface area contributed by atoms with Crippen LogP contribution in [0.15, 0.2) is 24.3 Å². The molecule has 0 aromatic heterocycles. The lowest BCUT2D eigenvalue weighted by Crippen LogP contribution is -2.55. The fourth-order valence-electron chi connectivity index (χ4n) is 2.22. The number of amides is 1. The van der Waals surface area contributed by atoms with Crippen molar-refractivity contribution in [1.82, 2.24) is 5.32 Å². The van der Waals surface area contributed by atoms with Crippen molar-refractivity contribution in [2.75, 3.05) is 13.7 Å². The van der Waals surface area contributed by atoms with Crippen molar-refractivity contribution in [2.24, 2.45) is 0 Å². The number of hydrogen-bond donors (Lipinski definition) is 2. The van der Waals surface area contributed by atoms with Gasteiger partial charge in [0.15, 0.2) is 5.54 Å². The number of hydrogen-bond acceptors (Lipinski definition) is 3. The van der Waals surface area contributed by atoms with E-state index in [4.69, 9.17) is 9.84 Å². The van der Waals surface area contributed by atoms with Gasteiger partial charge in [-0.2, -0.15) is 13.2 Å². The topological polar surface area (TPSA) is 75.6 Å². The normalized spacial score (nSPS) is 15.4. The number of rotatable bonds is 7. The van der Waals surface area contributed by atoms with Gasteiger partial charge in [-0.05, 0) is 24.5 Å². The van der Waals surface area contributed by atoms with Crippen LogP contribution >= 0.6 is 0 Å². The minimum atomic E-state index is -4.46. The van der Waals surface area contributed by atoms with E-state index < -0.39 is 35.1 Å². The van der Waals surface area contributed by atoms with E-state index in [9.17, 15) is 22.8 Å². The van der Waals surface area contributed by atoms with Crippen molar-refractivity contribution < 1.29 is 32.6 Å². The van der Waals surface area contributed by atoms with Crippen LogP contribution in [0.1, 0.15) is 37.3 Å². The molecule has 0 heterocycles. The lowest BCUT2D eigenvalue weighted by Gasteiger charge is -2.26. The molecular formula is C16H20F3NO4. The Hall–Kier alpha value is -2.09. The summed E-state index contributed by atoms with van der Waals surface area (Å²) in [5.41, 5.74) is -2.04. The van der Waals surface area contributed by atoms with Gasteiger partial charge in [-0.15, -0.1) is 0 Å². The fraction of sp³-hybridized carbons (Fsp3) is 0.500. The van der Waals surface area contributed by atoms with Crippen molar-refractivity contribution in [3.8, 4) is 0 Å². The largest absolute Gasteiger partial charge is 0.479 e. The summed E-state index contributed by atoms with van der Waals surface area (Å²) >= 11 is 0. The van der Waals surface area contributed by atoms with Gasteiger partial charge in [-0.25, -0.2) is 4.79 Å². The lowest BCUT2D eigenvalue weighted by atomic mass is 9.94. The summed E-state index contributed by atoms with van der Waals surface area (Å²) in [6.07, 6.45) is -4.60. The molecular weight excluding hydrogens is 327 g/mol. The first-order valence-electron chi connectivity index (χ1n) is 7.20. The molecule has 2 atom stereocenters. The Morgan fingerprint density at radius 3 is 2.46 bits per heavy atom. The summed E-state index contributed by atoms with van der Waals surface area (Å²) in [5, 5.41) is 11.5. The first kappa shape index (κ1) is 20.0. The second-order valence-corrected chi connectivity index (χ2v) is 5.85. The number of aliphatic carboxylic acids is 1. The minimum Gasteiger partial charge on any atom is -0.479 e. The molecule has 0 spiro atoms. The van der Waals surface area contributed by atoms with Gasteiger partial charge in [0.25, 0.3) is 0 Å². The summed E-state index contributed by atoms with van der Waals surface area (Å²) in [6.45, 7) is 2.67. The molecule has 0 saturated carbocycles. The number of alkyl halides is 3. The van der Waals surface area contributed by atoms with Gasteiger partial charge >= 0.3 is 12.1 Å². The number of methoxy groups -OCH3 is 1. The van der Waals surface area contributed by atoms with E-state index in [1.165, 1.54) is 26.2 Å². The molecule has 1 aromatic carbocycles. The smallest absolute Gasteiger partial charge is 0.416 e. The highest BCUT2D eigenvalue weighted by atomic mass is 19.4. The molecule has 0 aliphatic carbocycles. The highest BCUT2D eigenvalue weighted by Crippen LogP contribution is 2.31. The Labute approximate surface area is 137 Å². The monoisotopic (exact) mass is 347 g/mol. The number of halogens is 3. The van der Waals surface area contributed by atoms with Crippen LogP contribution in [0.5, 0.6) is 0 Å². The predicted molar refractivity (Wildman–Crippen MR) is 80.5 cm³/mol. The molecule has 8 heteroatoms. The molecule has 0 fully saturated rings. The summed E-state index contributed by atoms with van der Waals surface area (Å²) in [7, 11) is 1.30. The van der Waals surface area contributed by atoms with Gasteiger partial charge in [0.05, 0.1) is 12.2 Å². The molecule has 134 valence electrons. The summed E-state index contributed by atoms with van der Waals surface area (Å²) in [6, 6.07) is 4.72. The van der Waals surface area contributed by atoms with Crippen LogP contribution < -0.4 is 5.32 Å². The van der Waals surface area contributed by atoms with Crippen molar-refractivity contribution in [2.45, 2.75) is 37.9 Å². The van der Waals surface area contributed by atoms with E-state index in [0.29, 0.717) is 5.56 Å². The summed E-state index contributed by atoms with van der Waals surface area (Å²) in [4.78, 5) is 23.3. The zero-order valence-electron chi connectivity index (χ0n) is 13.6. The van der Waals surface area contributed by atoms with Gasteiger partial charge in [0, 0.05) is 13.5 Å². The first-order chi connectivity index (χ1) is 11.0. The second kappa shape index (κ2) is 7.65. The summed E-state index contributed by atoms with van der Waals surface area (Å²) < 4.78 is 43.0. The van der Waals surface area contributed by atoms with Gasteiger partial charge in [-0.1, -0.05) is 25.1 Å². The van der Waals surface area contributed by atoms with Crippen LogP contribution in [-0.4, -0.2) is 36.2 Å². The molecule has 1 amide bonds. The van der Waals surface area contributed by atoms with E-state index in [2.05, 4.69) is 5.32 Å². The van der Waals surface area contributed by atoms with Crippen molar-refractivity contribution >= 4 is 11.9 Å². The third kappa shape index (κ3) is 5.23. The average molecular weight is 347 g/mol. The van der Waals surface area contributed by atoms with Gasteiger partial charge in [0.1, 0.15) is 0 Å². The van der Waals surface area contributed by atoms with E-state index in [-0.39, 0.29) is 13.0 Å². The van der Waals surface area contributed by atoms with Gasteiger partial charge in [-0.3, -0.25) is 4.79 Å². The predicted octanol–water partition coefficient (Wildman–Crippen LogP) is 2.80. The fourth-order valence-corrected chi connectivity index (χ4v) is 2.22. The SMILES string of the molecule is COCC(C)(NC(=O)CC(C)c1cccc(C(F)(F)F)c1)C(=O)O. The Balaban J connectivity index is 2.82. The van der Waals surface area contributed by atoms with E-state index in [1.54, 1.807) is 6.92 Å². The maximum absolute atomic E-state index is 12.7. The second-order valence-electron chi connectivity index (χ2n) is 5.85. The molecule has 2 N–H and O–H groups in total. The Kier molecular flexibility index (Phi) is 6.36. The number of carboxylic acid groups (broad SMARTS) is 1. The molecule has 1 rings (SSSR count). The Morgan fingerprint density at radius 1 is 1.33 bits per heavy atom. The maximum atomic E-state index is 12.7. The molecule has 1 aromatic rings. The number of benzene rings is 1. The molecule has 0 aliphatic rings. The first-order valence-corrected chi connectivity index (χ1v) is 7.20. The van der Waals surface area contributed by atoms with Crippen molar-refractivity contribution in [3.63, 3.8) is 0 Å². The third-order valence-corrected chi connectivity index (χ3v) is 3.59. The van der Waals surface area contributed by atoms with Crippen LogP contribution in [0.4, 0.5) is 13.2 Å². The van der Waals surface area contributed by atoms with Crippen LogP contribution in [0, 0.1) is 0 Å². The number of carbonyl (C=O) groups excluding carboxylic acids is 1. The highest BCUT2D eigenvalue weighted by Gasteiger charge is 2.35. The molecule has 0 bridgehead atoms. The molecule has 0 radical (unpaired) electrons. The quantitative estimate of drug-likeness (QED) is 0.795. The van der Waals surface area contributed by atoms with Crippen LogP contribution in [-0.2, 0) is 20.5 Å². The zero-order chi connectivity index (χ0) is 18.5. The van der Waals surface area contributed by atoms with E-state index in [1.807, 2.05) is 0 Å². The number of carboxylic acids is 1. The lowest BCUT2D eigenvalue weighted by molar-refractivity contribution is -0.149. The standard InChI is InChI=1S/C16H20F3NO4/c1-10(11-5-4-6-12(8-11)16(17,18)19)7-13(21)20-15(2,9-24-3)14(22)23/h4-6,8,10H,7,9H2,1-3H3,(H,20,21)(H,22,23). The molecule has 0 aliphatic heterocycles. The van der Waals surface area contributed by atoms with E-state index >= 15 is 0 Å². The molecule has 24 heavy (non-hydrogen) atoms. The number of ether oxygens (including phenoxy) is 1. The van der Waals surface area contributed by atoms with Gasteiger partial charge in [0.2, 0.25) is 5.91 Å². The van der Waals surface area contributed by atoms with Crippen LogP contribution in [0.2, 0.25) is 0 Å². The maximum Gasteiger partial charge on any atom is 0.416 e. The minimum absolute atomic E-state index is 0.145. The van der Waals surface area contributed by atoms with Gasteiger partial charge < -0.3 is 15.2 Å². The molecule has 0 saturated heterocycles. The molecule has 5 nitrogen and oxygen atoms in total. The van der Waals surface area contributed by atoms with Crippen molar-refractivity contribution in [1.29, 1.82) is 0 Å². The highest BCUT2D eigenvalue weighted by molar-refractivity contribution is 5.87. The van der Waals surface area contributed by atoms with Crippen LogP contribution in [0.25, 0.3) is 0 Å². The number of carbonyl (C=O) groups is 2. The summed E-state index contributed by atoms with van der Waals surface area (Å²) in [5.74, 6) is -2.35. The average Bonchev–Trinajstić information content (AvgIpc) is 2.46. The van der Waals surface area contributed by atoms with Crippen molar-refractivity contribution in [3.05, 3.63) is 35.4 Å². The van der Waals surface area contributed by atoms with Crippen LogP contribution in [0.3, 0.4) is 0 Å². The Morgan fingerprint density at radius 2 is 1.96 bits per heavy atom. The number of nitrogens with one attached hydrogen (secondary N) is 1. The Bertz CT molecular complexity index is 603. The zero-order valence-corrected chi connectivity index (χ0v) is 13.6. The molecule has 2 unspecified atom stereocenters. The van der Waals surface area contributed by atoms with E-state index in [0.717, 1.165) is 12.1 Å².